The Morgan fingerprint density at radius 3 is 2.04 bits per heavy atom. The molecule has 2 aromatic carbocycles. The molecule has 1 N–H and O–H groups in total. The van der Waals surface area contributed by atoms with Gasteiger partial charge in [-0.05, 0) is 23.3 Å². The van der Waals surface area contributed by atoms with E-state index in [1.54, 1.807) is 24.3 Å². The van der Waals surface area contributed by atoms with Crippen molar-refractivity contribution in [2.75, 3.05) is 5.32 Å². The summed E-state index contributed by atoms with van der Waals surface area (Å²) in [6.45, 7) is 3.49. The minimum absolute atomic E-state index is 0.0472. The van der Waals surface area contributed by atoms with Gasteiger partial charge in [0.1, 0.15) is 13.2 Å². The van der Waals surface area contributed by atoms with Crippen LogP contribution in [-0.4, -0.2) is 17.0 Å². The Bertz CT molecular complexity index is 799. The quantitative estimate of drug-likeness (QED) is 0.352. The summed E-state index contributed by atoms with van der Waals surface area (Å²) in [5.41, 5.74) is 1.87. The molecule has 2 aromatic rings. The zero-order valence-electron chi connectivity index (χ0n) is 13.7. The van der Waals surface area contributed by atoms with Crippen LogP contribution in [0.2, 0.25) is 0 Å². The molecule has 0 aliphatic carbocycles. The maximum absolute atomic E-state index is 11.7. The first-order valence-corrected chi connectivity index (χ1v) is 7.53. The van der Waals surface area contributed by atoms with Crippen LogP contribution in [-0.2, 0) is 27.5 Å². The fraction of sp³-hybridized carbons (Fsp3) is 0.111. The number of nitrogens with one attached hydrogen (secondary N) is 1. The average Bonchev–Trinajstić information content (AvgIpc) is 2.65. The normalized spacial score (nSPS) is 9.85. The molecule has 0 aliphatic rings. The number of nitrogens with zero attached hydrogens (tertiary/aromatic N) is 1. The summed E-state index contributed by atoms with van der Waals surface area (Å²) in [4.78, 5) is 32.8. The summed E-state index contributed by atoms with van der Waals surface area (Å²) < 4.78 is 9.99. The molecule has 0 unspecified atom stereocenters. The predicted molar refractivity (Wildman–Crippen MR) is 93.3 cm³/mol. The molecule has 0 saturated heterocycles. The Kier molecular flexibility index (Phi) is 6.44. The zero-order valence-corrected chi connectivity index (χ0v) is 13.7. The number of non-ortho nitro benzene ring substituents is 1. The van der Waals surface area contributed by atoms with Crippen molar-refractivity contribution in [1.29, 1.82) is 0 Å². The molecule has 0 aromatic heterocycles. The Hall–Kier alpha value is -3.68. The topological polar surface area (TPSA) is 108 Å². The number of anilines is 1. The number of hydrogen-bond acceptors (Lipinski definition) is 6. The van der Waals surface area contributed by atoms with E-state index in [0.717, 1.165) is 17.2 Å². The molecule has 2 rings (SSSR count). The molecule has 8 heteroatoms. The van der Waals surface area contributed by atoms with Crippen molar-refractivity contribution in [3.63, 3.8) is 0 Å². The molecular formula is C18H16N2O6. The predicted octanol–water partition coefficient (Wildman–Crippen LogP) is 3.57. The molecule has 26 heavy (non-hydrogen) atoms. The summed E-state index contributed by atoms with van der Waals surface area (Å²) >= 11 is 0. The third-order valence-electron chi connectivity index (χ3n) is 3.27. The monoisotopic (exact) mass is 356 g/mol. The molecule has 8 nitrogen and oxygen atoms in total. The van der Waals surface area contributed by atoms with E-state index in [1.165, 1.54) is 24.3 Å². The smallest absolute Gasteiger partial charge is 0.411 e. The fourth-order valence-corrected chi connectivity index (χ4v) is 1.91. The van der Waals surface area contributed by atoms with Gasteiger partial charge < -0.3 is 9.47 Å². The highest BCUT2D eigenvalue weighted by molar-refractivity contribution is 5.84. The number of esters is 1. The van der Waals surface area contributed by atoms with Gasteiger partial charge >= 0.3 is 12.1 Å². The van der Waals surface area contributed by atoms with E-state index in [4.69, 9.17) is 9.47 Å². The van der Waals surface area contributed by atoms with E-state index in [1.807, 2.05) is 0 Å². The highest BCUT2D eigenvalue weighted by atomic mass is 16.6. The van der Waals surface area contributed by atoms with Crippen molar-refractivity contribution >= 4 is 23.4 Å². The Morgan fingerprint density at radius 2 is 1.54 bits per heavy atom. The molecule has 0 atom stereocenters. The van der Waals surface area contributed by atoms with Crippen LogP contribution in [0.15, 0.2) is 61.2 Å². The SMILES string of the molecule is C=CC(=O)OCc1ccc(COC(=O)Nc2ccc([N+](=O)[O-])cc2)cc1. The van der Waals surface area contributed by atoms with Gasteiger partial charge in [-0.15, -0.1) is 0 Å². The average molecular weight is 356 g/mol. The van der Waals surface area contributed by atoms with Gasteiger partial charge in [-0.25, -0.2) is 9.59 Å². The van der Waals surface area contributed by atoms with Gasteiger partial charge in [0.25, 0.3) is 5.69 Å². The van der Waals surface area contributed by atoms with Crippen molar-refractivity contribution in [1.82, 2.24) is 0 Å². The van der Waals surface area contributed by atoms with Crippen LogP contribution in [0.5, 0.6) is 0 Å². The number of ether oxygens (including phenoxy) is 2. The third kappa shape index (κ3) is 5.75. The number of benzene rings is 2. The van der Waals surface area contributed by atoms with Gasteiger partial charge in [0.2, 0.25) is 0 Å². The van der Waals surface area contributed by atoms with Crippen LogP contribution in [0.4, 0.5) is 16.2 Å². The van der Waals surface area contributed by atoms with Crippen molar-refractivity contribution in [2.24, 2.45) is 0 Å². The van der Waals surface area contributed by atoms with Gasteiger partial charge in [-0.3, -0.25) is 15.4 Å². The molecule has 1 amide bonds. The highest BCUT2D eigenvalue weighted by Crippen LogP contribution is 2.15. The first kappa shape index (κ1) is 18.7. The van der Waals surface area contributed by atoms with Crippen molar-refractivity contribution in [3.05, 3.63) is 82.4 Å². The van der Waals surface area contributed by atoms with E-state index in [0.29, 0.717) is 5.69 Å². The second-order valence-electron chi connectivity index (χ2n) is 5.13. The van der Waals surface area contributed by atoms with Crippen LogP contribution in [0.25, 0.3) is 0 Å². The lowest BCUT2D eigenvalue weighted by molar-refractivity contribution is -0.384. The lowest BCUT2D eigenvalue weighted by Gasteiger charge is -2.08. The first-order chi connectivity index (χ1) is 12.5. The number of hydrogen-bond donors (Lipinski definition) is 1. The van der Waals surface area contributed by atoms with Gasteiger partial charge in [0.05, 0.1) is 4.92 Å². The zero-order chi connectivity index (χ0) is 18.9. The van der Waals surface area contributed by atoms with Gasteiger partial charge in [0, 0.05) is 23.9 Å². The maximum atomic E-state index is 11.7. The van der Waals surface area contributed by atoms with E-state index < -0.39 is 17.0 Å². The van der Waals surface area contributed by atoms with Gasteiger partial charge in [-0.2, -0.15) is 0 Å². The third-order valence-corrected chi connectivity index (χ3v) is 3.27. The second kappa shape index (κ2) is 8.97. The van der Waals surface area contributed by atoms with E-state index in [2.05, 4.69) is 11.9 Å². The fourth-order valence-electron chi connectivity index (χ4n) is 1.91. The molecule has 0 heterocycles. The largest absolute Gasteiger partial charge is 0.458 e. The lowest BCUT2D eigenvalue weighted by Crippen LogP contribution is -2.13. The number of nitro benzene ring substituents is 1. The van der Waals surface area contributed by atoms with Crippen LogP contribution in [0, 0.1) is 10.1 Å². The summed E-state index contributed by atoms with van der Waals surface area (Å²) in [6.07, 6.45) is 0.411. The molecule has 0 fully saturated rings. The number of amides is 1. The molecule has 0 radical (unpaired) electrons. The standard InChI is InChI=1S/C18H16N2O6/c1-2-17(21)25-11-13-3-5-14(6-4-13)12-26-18(22)19-15-7-9-16(10-8-15)20(23)24/h2-10H,1,11-12H2,(H,19,22). The molecule has 134 valence electrons. The van der Waals surface area contributed by atoms with E-state index in [-0.39, 0.29) is 18.9 Å². The molecule has 0 aliphatic heterocycles. The van der Waals surface area contributed by atoms with Crippen molar-refractivity contribution in [3.8, 4) is 0 Å². The van der Waals surface area contributed by atoms with Gasteiger partial charge in [-0.1, -0.05) is 30.8 Å². The molecule has 0 saturated carbocycles. The maximum Gasteiger partial charge on any atom is 0.411 e. The van der Waals surface area contributed by atoms with Crippen LogP contribution in [0.3, 0.4) is 0 Å². The number of carbonyl (C=O) groups excluding carboxylic acids is 2. The van der Waals surface area contributed by atoms with Crippen LogP contribution in [0.1, 0.15) is 11.1 Å². The lowest BCUT2D eigenvalue weighted by atomic mass is 10.1. The molecule has 0 bridgehead atoms. The van der Waals surface area contributed by atoms with Gasteiger partial charge in [0.15, 0.2) is 0 Å². The highest BCUT2D eigenvalue weighted by Gasteiger charge is 2.07. The minimum atomic E-state index is -0.678. The molecular weight excluding hydrogens is 340 g/mol. The number of nitro groups is 1. The summed E-state index contributed by atoms with van der Waals surface area (Å²) in [5.74, 6) is -0.500. The number of rotatable bonds is 7. The summed E-state index contributed by atoms with van der Waals surface area (Å²) in [5, 5.41) is 13.1. The Morgan fingerprint density at radius 1 is 1.00 bits per heavy atom. The van der Waals surface area contributed by atoms with E-state index >= 15 is 0 Å². The Balaban J connectivity index is 1.80. The summed E-state index contributed by atoms with van der Waals surface area (Å²) in [6, 6.07) is 12.4. The first-order valence-electron chi connectivity index (χ1n) is 7.53. The number of carbonyl (C=O) groups is 2. The Labute approximate surface area is 149 Å². The molecule has 0 spiro atoms. The van der Waals surface area contributed by atoms with Crippen molar-refractivity contribution in [2.45, 2.75) is 13.2 Å². The van der Waals surface area contributed by atoms with Crippen LogP contribution >= 0.6 is 0 Å². The van der Waals surface area contributed by atoms with Crippen LogP contribution < -0.4 is 5.32 Å². The van der Waals surface area contributed by atoms with Crippen molar-refractivity contribution < 1.29 is 24.0 Å². The second-order valence-corrected chi connectivity index (χ2v) is 5.13. The summed E-state index contributed by atoms with van der Waals surface area (Å²) in [7, 11) is 0. The minimum Gasteiger partial charge on any atom is -0.458 e. The van der Waals surface area contributed by atoms with E-state index in [9.17, 15) is 19.7 Å².